The van der Waals surface area contributed by atoms with Gasteiger partial charge in [-0.25, -0.2) is 9.79 Å². The molecule has 3 aromatic rings. The first-order valence-corrected chi connectivity index (χ1v) is 10.1. The van der Waals surface area contributed by atoms with Gasteiger partial charge >= 0.3 is 5.97 Å². The zero-order valence-corrected chi connectivity index (χ0v) is 17.3. The number of amidine groups is 1. The lowest BCUT2D eigenvalue weighted by Gasteiger charge is -2.07. The van der Waals surface area contributed by atoms with E-state index < -0.39 is 5.97 Å². The van der Waals surface area contributed by atoms with Gasteiger partial charge in [-0.2, -0.15) is 0 Å². The first kappa shape index (κ1) is 20.0. The van der Waals surface area contributed by atoms with Gasteiger partial charge in [-0.1, -0.05) is 23.7 Å². The molecule has 4 rings (SSSR count). The number of furan rings is 1. The van der Waals surface area contributed by atoms with Crippen molar-refractivity contribution in [2.24, 2.45) is 4.99 Å². The van der Waals surface area contributed by atoms with Crippen molar-refractivity contribution in [1.82, 2.24) is 4.90 Å². The Morgan fingerprint density at radius 1 is 1.17 bits per heavy atom. The Balaban J connectivity index is 1.56. The number of carbonyl (C=O) groups excluding carboxylic acids is 1. The average Bonchev–Trinajstić information content (AvgIpc) is 3.29. The molecule has 1 aliphatic heterocycles. The monoisotopic (exact) mass is 438 g/mol. The normalized spacial score (nSPS) is 16.6. The molecule has 150 valence electrons. The number of amides is 1. The van der Waals surface area contributed by atoms with Crippen LogP contribution >= 0.6 is 23.4 Å². The van der Waals surface area contributed by atoms with Crippen molar-refractivity contribution in [3.8, 4) is 11.3 Å². The van der Waals surface area contributed by atoms with Crippen LogP contribution in [-0.4, -0.2) is 34.1 Å². The van der Waals surface area contributed by atoms with Crippen LogP contribution in [0.4, 0.5) is 5.69 Å². The Bertz CT molecular complexity index is 1200. The van der Waals surface area contributed by atoms with Crippen LogP contribution in [-0.2, 0) is 4.79 Å². The van der Waals surface area contributed by atoms with Crippen molar-refractivity contribution in [2.75, 3.05) is 7.05 Å². The van der Waals surface area contributed by atoms with Crippen LogP contribution in [0.1, 0.15) is 16.1 Å². The molecule has 0 unspecified atom stereocenters. The van der Waals surface area contributed by atoms with Crippen molar-refractivity contribution >= 4 is 52.2 Å². The predicted octanol–water partition coefficient (Wildman–Crippen LogP) is 5.53. The Morgan fingerprint density at radius 3 is 2.63 bits per heavy atom. The van der Waals surface area contributed by atoms with Crippen LogP contribution in [0.15, 0.2) is 75.0 Å². The van der Waals surface area contributed by atoms with Crippen molar-refractivity contribution in [3.63, 3.8) is 0 Å². The summed E-state index contributed by atoms with van der Waals surface area (Å²) in [6, 6.07) is 17.1. The molecule has 0 radical (unpaired) electrons. The number of likely N-dealkylation sites (N-methyl/N-ethyl adjacent to an activating group) is 1. The van der Waals surface area contributed by atoms with E-state index in [1.54, 1.807) is 43.5 Å². The lowest BCUT2D eigenvalue weighted by Crippen LogP contribution is -2.23. The fraction of sp³-hybridized carbons (Fsp3) is 0.0455. The summed E-state index contributed by atoms with van der Waals surface area (Å²) >= 11 is 7.26. The summed E-state index contributed by atoms with van der Waals surface area (Å²) in [6.45, 7) is 0. The number of halogens is 1. The fourth-order valence-electron chi connectivity index (χ4n) is 2.80. The minimum Gasteiger partial charge on any atom is -0.478 e. The number of aromatic carboxylic acids is 1. The minimum absolute atomic E-state index is 0.177. The predicted molar refractivity (Wildman–Crippen MR) is 118 cm³/mol. The van der Waals surface area contributed by atoms with E-state index in [0.29, 0.717) is 32.3 Å². The highest BCUT2D eigenvalue weighted by Gasteiger charge is 2.30. The number of thioether (sulfide) groups is 1. The molecule has 2 aromatic carbocycles. The molecule has 1 aliphatic rings. The topological polar surface area (TPSA) is 83.1 Å². The van der Waals surface area contributed by atoms with E-state index in [2.05, 4.69) is 4.99 Å². The van der Waals surface area contributed by atoms with Gasteiger partial charge in [0.1, 0.15) is 11.5 Å². The quantitative estimate of drug-likeness (QED) is 0.541. The molecule has 8 heteroatoms. The first-order chi connectivity index (χ1) is 14.4. The molecule has 1 N–H and O–H groups in total. The maximum Gasteiger partial charge on any atom is 0.335 e. The second kappa shape index (κ2) is 8.22. The van der Waals surface area contributed by atoms with Gasteiger partial charge in [0.25, 0.3) is 5.91 Å². The molecule has 1 saturated heterocycles. The van der Waals surface area contributed by atoms with Gasteiger partial charge in [0.15, 0.2) is 5.17 Å². The minimum atomic E-state index is -1.00. The summed E-state index contributed by atoms with van der Waals surface area (Å²) in [5, 5.41) is 10.1. The largest absolute Gasteiger partial charge is 0.478 e. The van der Waals surface area contributed by atoms with Crippen molar-refractivity contribution in [2.45, 2.75) is 0 Å². The SMILES string of the molecule is CN1C(=O)/C(=C/c2ccc(-c3cccc(Cl)c3)o2)SC1=Nc1ccc(C(=O)O)cc1. The number of hydrogen-bond donors (Lipinski definition) is 1. The van der Waals surface area contributed by atoms with Gasteiger partial charge in [-0.05, 0) is 60.3 Å². The number of aliphatic imine (C=N–C) groups is 1. The molecule has 0 bridgehead atoms. The molecule has 1 fully saturated rings. The van der Waals surface area contributed by atoms with Crippen molar-refractivity contribution in [3.05, 3.63) is 81.9 Å². The second-order valence-electron chi connectivity index (χ2n) is 6.43. The second-order valence-corrected chi connectivity index (χ2v) is 7.88. The maximum absolute atomic E-state index is 12.6. The van der Waals surface area contributed by atoms with Crippen LogP contribution in [0.25, 0.3) is 17.4 Å². The third-order valence-electron chi connectivity index (χ3n) is 4.35. The molecule has 6 nitrogen and oxygen atoms in total. The molecular formula is C22H15ClN2O4S. The molecule has 0 spiro atoms. The summed E-state index contributed by atoms with van der Waals surface area (Å²) in [6.07, 6.45) is 1.67. The highest BCUT2D eigenvalue weighted by Crippen LogP contribution is 2.34. The van der Waals surface area contributed by atoms with E-state index >= 15 is 0 Å². The molecule has 2 heterocycles. The lowest BCUT2D eigenvalue weighted by molar-refractivity contribution is -0.121. The third-order valence-corrected chi connectivity index (χ3v) is 5.65. The molecular weight excluding hydrogens is 424 g/mol. The number of nitrogens with zero attached hydrogens (tertiary/aromatic N) is 2. The van der Waals surface area contributed by atoms with Crippen LogP contribution in [0.2, 0.25) is 5.02 Å². The van der Waals surface area contributed by atoms with Gasteiger partial charge in [0, 0.05) is 23.7 Å². The summed E-state index contributed by atoms with van der Waals surface area (Å²) in [5.74, 6) is 0.000936. The third kappa shape index (κ3) is 4.17. The number of hydrogen-bond acceptors (Lipinski definition) is 5. The van der Waals surface area contributed by atoms with Gasteiger partial charge in [-0.15, -0.1) is 0 Å². The van der Waals surface area contributed by atoms with Gasteiger partial charge in [0.05, 0.1) is 16.2 Å². The number of benzene rings is 2. The smallest absolute Gasteiger partial charge is 0.335 e. The van der Waals surface area contributed by atoms with Crippen LogP contribution in [0.5, 0.6) is 0 Å². The average molecular weight is 439 g/mol. The molecule has 1 aromatic heterocycles. The maximum atomic E-state index is 12.6. The summed E-state index contributed by atoms with van der Waals surface area (Å²) < 4.78 is 5.84. The first-order valence-electron chi connectivity index (χ1n) is 8.86. The van der Waals surface area contributed by atoms with Crippen LogP contribution < -0.4 is 0 Å². The molecule has 1 amide bonds. The van der Waals surface area contributed by atoms with Gasteiger partial charge < -0.3 is 9.52 Å². The Labute approximate surface area is 181 Å². The number of carboxylic acid groups (broad SMARTS) is 1. The lowest BCUT2D eigenvalue weighted by atomic mass is 10.2. The van der Waals surface area contributed by atoms with E-state index in [-0.39, 0.29) is 11.5 Å². The summed E-state index contributed by atoms with van der Waals surface area (Å²) in [4.78, 5) is 29.9. The fourth-order valence-corrected chi connectivity index (χ4v) is 3.95. The Morgan fingerprint density at radius 2 is 1.93 bits per heavy atom. The zero-order chi connectivity index (χ0) is 21.3. The molecule has 30 heavy (non-hydrogen) atoms. The zero-order valence-electron chi connectivity index (χ0n) is 15.7. The van der Waals surface area contributed by atoms with E-state index in [1.807, 2.05) is 18.2 Å². The number of rotatable bonds is 4. The number of carbonyl (C=O) groups is 2. The van der Waals surface area contributed by atoms with Gasteiger partial charge in [-0.3, -0.25) is 9.69 Å². The van der Waals surface area contributed by atoms with E-state index in [1.165, 1.54) is 28.8 Å². The summed E-state index contributed by atoms with van der Waals surface area (Å²) in [5.41, 5.74) is 1.59. The van der Waals surface area contributed by atoms with Gasteiger partial charge in [0.2, 0.25) is 0 Å². The van der Waals surface area contributed by atoms with Crippen LogP contribution in [0, 0.1) is 0 Å². The van der Waals surface area contributed by atoms with Crippen molar-refractivity contribution < 1.29 is 19.1 Å². The van der Waals surface area contributed by atoms with E-state index in [4.69, 9.17) is 21.1 Å². The molecule has 0 atom stereocenters. The summed E-state index contributed by atoms with van der Waals surface area (Å²) in [7, 11) is 1.64. The van der Waals surface area contributed by atoms with Crippen molar-refractivity contribution in [1.29, 1.82) is 0 Å². The highest BCUT2D eigenvalue weighted by molar-refractivity contribution is 8.18. The highest BCUT2D eigenvalue weighted by atomic mass is 35.5. The molecule has 0 saturated carbocycles. The molecule has 0 aliphatic carbocycles. The van der Waals surface area contributed by atoms with E-state index in [9.17, 15) is 9.59 Å². The Kier molecular flexibility index (Phi) is 5.48. The van der Waals surface area contributed by atoms with E-state index in [0.717, 1.165) is 5.56 Å². The number of carboxylic acids is 1. The Hall–Kier alpha value is -3.29. The standard InChI is InChI=1S/C22H15ClN2O4S/c1-25-20(26)19(30-22(25)24-16-7-5-13(6-8-16)21(27)28)12-17-9-10-18(29-17)14-3-2-4-15(23)11-14/h2-12H,1H3,(H,27,28)/b19-12-,24-22?. The van der Waals surface area contributed by atoms with Crippen LogP contribution in [0.3, 0.4) is 0 Å².